The largest absolute Gasteiger partial charge is 0.271 e. The van der Waals surface area contributed by atoms with Crippen LogP contribution in [0, 0.1) is 0 Å². The summed E-state index contributed by atoms with van der Waals surface area (Å²) < 4.78 is 1.76. The second-order valence-corrected chi connectivity index (χ2v) is 3.07. The smallest absolute Gasteiger partial charge is 0.155 e. The van der Waals surface area contributed by atoms with E-state index in [-0.39, 0.29) is 0 Å². The molecule has 0 fully saturated rings. The van der Waals surface area contributed by atoms with Crippen LogP contribution in [0.15, 0.2) is 9.21 Å². The van der Waals surface area contributed by atoms with Gasteiger partial charge < -0.3 is 0 Å². The number of hydrogen-bond donors (Lipinski definition) is 1. The molecule has 2 nitrogen and oxygen atoms in total. The van der Waals surface area contributed by atoms with Crippen molar-refractivity contribution >= 4 is 44.6 Å². The number of halogens is 2. The third-order valence-electron chi connectivity index (χ3n) is 1.000. The standard InChI is InChI=1S/C4H4BBr2N2/c1-5-2-3(6)8-9-4(2)7/h1H3,(H,8,9). The lowest BCUT2D eigenvalue weighted by Gasteiger charge is -1.86. The zero-order valence-corrected chi connectivity index (χ0v) is 7.95. The molecule has 5 heteroatoms. The fourth-order valence-corrected chi connectivity index (χ4v) is 1.84. The molecule has 1 aromatic rings. The Balaban J connectivity index is 3.07. The molecule has 0 amide bonds. The van der Waals surface area contributed by atoms with E-state index in [0.717, 1.165) is 14.7 Å². The maximum absolute atomic E-state index is 3.90. The third kappa shape index (κ3) is 1.38. The van der Waals surface area contributed by atoms with Crippen LogP contribution >= 0.6 is 31.9 Å². The number of aromatic nitrogens is 2. The lowest BCUT2D eigenvalue weighted by Crippen LogP contribution is -2.10. The van der Waals surface area contributed by atoms with E-state index in [1.165, 1.54) is 0 Å². The molecule has 1 radical (unpaired) electrons. The van der Waals surface area contributed by atoms with Gasteiger partial charge in [0.05, 0.1) is 4.60 Å². The first-order chi connectivity index (χ1) is 4.25. The minimum absolute atomic E-state index is 0.844. The number of H-pyrrole nitrogens is 1. The van der Waals surface area contributed by atoms with Crippen molar-refractivity contribution in [2.75, 3.05) is 0 Å². The normalized spacial score (nSPS) is 9.67. The van der Waals surface area contributed by atoms with E-state index >= 15 is 0 Å². The quantitative estimate of drug-likeness (QED) is 0.748. The average Bonchev–Trinajstić information content (AvgIpc) is 2.12. The van der Waals surface area contributed by atoms with Crippen LogP contribution in [0.2, 0.25) is 6.82 Å². The summed E-state index contributed by atoms with van der Waals surface area (Å²) in [5.74, 6) is 0. The van der Waals surface area contributed by atoms with Crippen molar-refractivity contribution in [3.8, 4) is 0 Å². The highest BCUT2D eigenvalue weighted by atomic mass is 79.9. The van der Waals surface area contributed by atoms with Crippen LogP contribution < -0.4 is 5.46 Å². The molecule has 0 aromatic carbocycles. The highest BCUT2D eigenvalue weighted by Crippen LogP contribution is 2.08. The van der Waals surface area contributed by atoms with E-state index in [4.69, 9.17) is 0 Å². The van der Waals surface area contributed by atoms with Gasteiger partial charge in [-0.2, -0.15) is 5.10 Å². The van der Waals surface area contributed by atoms with Gasteiger partial charge in [-0.3, -0.25) is 5.10 Å². The third-order valence-corrected chi connectivity index (χ3v) is 2.21. The van der Waals surface area contributed by atoms with Crippen LogP contribution in [0.4, 0.5) is 0 Å². The van der Waals surface area contributed by atoms with E-state index < -0.39 is 0 Å². The van der Waals surface area contributed by atoms with Gasteiger partial charge in [-0.25, -0.2) is 0 Å². The summed E-state index contributed by atoms with van der Waals surface area (Å²) in [5, 5.41) is 6.68. The van der Waals surface area contributed by atoms with Crippen LogP contribution in [0.25, 0.3) is 0 Å². The van der Waals surface area contributed by atoms with Gasteiger partial charge in [0.1, 0.15) is 4.60 Å². The Labute approximate surface area is 70.9 Å². The Bertz CT molecular complexity index is 191. The molecule has 0 unspecified atom stereocenters. The predicted octanol–water partition coefficient (Wildman–Crippen LogP) is 1.31. The fourth-order valence-electron chi connectivity index (χ4n) is 0.555. The SMILES string of the molecule is C[B]c1c(Br)n[nH]c1Br. The molecule has 0 atom stereocenters. The maximum Gasteiger partial charge on any atom is 0.155 e. The number of nitrogens with one attached hydrogen (secondary N) is 1. The van der Waals surface area contributed by atoms with Gasteiger partial charge in [-0.05, 0) is 37.3 Å². The average molecular weight is 251 g/mol. The van der Waals surface area contributed by atoms with E-state index in [1.54, 1.807) is 0 Å². The fraction of sp³-hybridized carbons (Fsp3) is 0.250. The van der Waals surface area contributed by atoms with Crippen LogP contribution in [0.5, 0.6) is 0 Å². The molecule has 0 saturated heterocycles. The minimum Gasteiger partial charge on any atom is -0.271 e. The Morgan fingerprint density at radius 3 is 2.44 bits per heavy atom. The Hall–Kier alpha value is 0.235. The number of aromatic amines is 1. The summed E-state index contributed by atoms with van der Waals surface area (Å²) in [4.78, 5) is 0. The van der Waals surface area contributed by atoms with Crippen LogP contribution in [-0.2, 0) is 0 Å². The molecule has 1 N–H and O–H groups in total. The molecule has 1 rings (SSSR count). The van der Waals surface area contributed by atoms with Crippen molar-refractivity contribution in [2.45, 2.75) is 6.82 Å². The zero-order chi connectivity index (χ0) is 6.85. The summed E-state index contributed by atoms with van der Waals surface area (Å²) in [6.07, 6.45) is 0. The molecule has 0 spiro atoms. The molecule has 1 aromatic heterocycles. The molecular weight excluding hydrogens is 247 g/mol. The van der Waals surface area contributed by atoms with Crippen LogP contribution in [0.1, 0.15) is 0 Å². The van der Waals surface area contributed by atoms with E-state index in [9.17, 15) is 0 Å². The molecule has 0 bridgehead atoms. The number of hydrogen-bond acceptors (Lipinski definition) is 1. The van der Waals surface area contributed by atoms with Gasteiger partial charge >= 0.3 is 0 Å². The lowest BCUT2D eigenvalue weighted by molar-refractivity contribution is 1.05. The number of nitrogens with zero attached hydrogens (tertiary/aromatic N) is 1. The topological polar surface area (TPSA) is 28.7 Å². The van der Waals surface area contributed by atoms with Gasteiger partial charge in [0, 0.05) is 0 Å². The highest BCUT2D eigenvalue weighted by molar-refractivity contribution is 9.11. The molecular formula is C4H4BBr2N2. The van der Waals surface area contributed by atoms with Crippen molar-refractivity contribution in [3.05, 3.63) is 9.21 Å². The summed E-state index contributed by atoms with van der Waals surface area (Å²) in [7, 11) is 1.97. The van der Waals surface area contributed by atoms with E-state index in [1.807, 2.05) is 14.1 Å². The second kappa shape index (κ2) is 2.88. The van der Waals surface area contributed by atoms with E-state index in [2.05, 4.69) is 42.1 Å². The first kappa shape index (κ1) is 7.34. The molecule has 0 saturated carbocycles. The Morgan fingerprint density at radius 2 is 2.22 bits per heavy atom. The van der Waals surface area contributed by atoms with Gasteiger partial charge in [0.15, 0.2) is 7.28 Å². The monoisotopic (exact) mass is 249 g/mol. The van der Waals surface area contributed by atoms with Crippen molar-refractivity contribution in [3.63, 3.8) is 0 Å². The van der Waals surface area contributed by atoms with Gasteiger partial charge in [0.25, 0.3) is 0 Å². The summed E-state index contributed by atoms with van der Waals surface area (Å²) >= 11 is 6.57. The van der Waals surface area contributed by atoms with E-state index in [0.29, 0.717) is 0 Å². The first-order valence-corrected chi connectivity index (χ1v) is 4.03. The summed E-state index contributed by atoms with van der Waals surface area (Å²) in [5.41, 5.74) is 1.06. The van der Waals surface area contributed by atoms with Crippen molar-refractivity contribution < 1.29 is 0 Å². The Morgan fingerprint density at radius 1 is 1.56 bits per heavy atom. The Kier molecular flexibility index (Phi) is 2.35. The number of rotatable bonds is 1. The van der Waals surface area contributed by atoms with Crippen LogP contribution in [-0.4, -0.2) is 17.5 Å². The second-order valence-electron chi connectivity index (χ2n) is 1.53. The molecule has 0 aliphatic heterocycles. The molecule has 9 heavy (non-hydrogen) atoms. The highest BCUT2D eigenvalue weighted by Gasteiger charge is 2.04. The van der Waals surface area contributed by atoms with Crippen molar-refractivity contribution in [1.29, 1.82) is 0 Å². The molecule has 47 valence electrons. The molecule has 0 aliphatic carbocycles. The maximum atomic E-state index is 3.90. The van der Waals surface area contributed by atoms with Crippen LogP contribution in [0.3, 0.4) is 0 Å². The lowest BCUT2D eigenvalue weighted by atomic mass is 9.75. The molecule has 0 aliphatic rings. The van der Waals surface area contributed by atoms with Gasteiger partial charge in [0.2, 0.25) is 0 Å². The van der Waals surface area contributed by atoms with Gasteiger partial charge in [-0.1, -0.05) is 6.82 Å². The summed E-state index contributed by atoms with van der Waals surface area (Å²) in [6.45, 7) is 1.96. The van der Waals surface area contributed by atoms with Gasteiger partial charge in [-0.15, -0.1) is 0 Å². The predicted molar refractivity (Wildman–Crippen MR) is 45.2 cm³/mol. The summed E-state index contributed by atoms with van der Waals surface area (Å²) in [6, 6.07) is 0. The molecule has 1 heterocycles. The van der Waals surface area contributed by atoms with Crippen molar-refractivity contribution in [1.82, 2.24) is 10.2 Å². The first-order valence-electron chi connectivity index (χ1n) is 2.44. The zero-order valence-electron chi connectivity index (χ0n) is 4.78. The minimum atomic E-state index is 0.844. The van der Waals surface area contributed by atoms with Crippen molar-refractivity contribution in [2.24, 2.45) is 0 Å².